The van der Waals surface area contributed by atoms with Crippen molar-refractivity contribution in [2.75, 3.05) is 14.2 Å². The number of ether oxygens (including phenoxy) is 2. The molecule has 4 rings (SSSR count). The predicted octanol–water partition coefficient (Wildman–Crippen LogP) is 4.66. The molecular weight excluding hydrogens is 404 g/mol. The molecule has 176 valence electrons. The molecule has 2 aromatic rings. The highest BCUT2D eigenvalue weighted by molar-refractivity contribution is 5.94. The number of hydrogen-bond donors (Lipinski definition) is 4. The lowest BCUT2D eigenvalue weighted by Gasteiger charge is -2.33. The second kappa shape index (κ2) is 9.96. The van der Waals surface area contributed by atoms with E-state index in [2.05, 4.69) is 0 Å². The standard InChI is InChI=1S/C26H38N2O4/c1-31-17-7-3-15(4-8-17)24(27)21-12-11-19-20(26(21)30)13-14-22(29)23(19)25(28)16-5-9-18(32-2)10-6-16/h11-18,24-25,29-30H,3-10,27-28H2,1-2H3. The van der Waals surface area contributed by atoms with E-state index in [-0.39, 0.29) is 29.5 Å². The second-order valence-electron chi connectivity index (χ2n) is 9.69. The van der Waals surface area contributed by atoms with Gasteiger partial charge in [-0.3, -0.25) is 0 Å². The molecule has 0 saturated heterocycles. The molecule has 0 amide bonds. The maximum Gasteiger partial charge on any atom is 0.128 e. The van der Waals surface area contributed by atoms with Crippen LogP contribution in [0.2, 0.25) is 0 Å². The monoisotopic (exact) mass is 442 g/mol. The Kier molecular flexibility index (Phi) is 7.25. The molecule has 6 heteroatoms. The van der Waals surface area contributed by atoms with E-state index < -0.39 is 0 Å². The van der Waals surface area contributed by atoms with Crippen molar-refractivity contribution in [3.05, 3.63) is 35.4 Å². The van der Waals surface area contributed by atoms with Gasteiger partial charge in [0.2, 0.25) is 0 Å². The molecule has 32 heavy (non-hydrogen) atoms. The first-order valence-corrected chi connectivity index (χ1v) is 12.0. The summed E-state index contributed by atoms with van der Waals surface area (Å²) >= 11 is 0. The highest BCUT2D eigenvalue weighted by Gasteiger charge is 2.31. The number of methoxy groups -OCH3 is 2. The first-order valence-electron chi connectivity index (χ1n) is 12.0. The van der Waals surface area contributed by atoms with Crippen molar-refractivity contribution >= 4 is 10.8 Å². The largest absolute Gasteiger partial charge is 0.508 e. The number of benzene rings is 2. The van der Waals surface area contributed by atoms with Gasteiger partial charge in [-0.25, -0.2) is 0 Å². The Morgan fingerprint density at radius 2 is 1.22 bits per heavy atom. The van der Waals surface area contributed by atoms with Crippen molar-refractivity contribution in [2.24, 2.45) is 23.3 Å². The fraction of sp³-hybridized carbons (Fsp3) is 0.615. The van der Waals surface area contributed by atoms with Gasteiger partial charge in [0.05, 0.1) is 12.2 Å². The molecule has 6 nitrogen and oxygen atoms in total. The summed E-state index contributed by atoms with van der Waals surface area (Å²) in [7, 11) is 3.52. The van der Waals surface area contributed by atoms with Crippen LogP contribution in [0.15, 0.2) is 24.3 Å². The minimum absolute atomic E-state index is 0.188. The maximum atomic E-state index is 11.2. The lowest BCUT2D eigenvalue weighted by molar-refractivity contribution is 0.0526. The van der Waals surface area contributed by atoms with Crippen LogP contribution < -0.4 is 11.5 Å². The third-order valence-corrected chi connectivity index (χ3v) is 8.03. The zero-order valence-corrected chi connectivity index (χ0v) is 19.3. The number of phenolic OH excluding ortho intramolecular Hbond substituents is 2. The first kappa shape index (κ1) is 23.3. The van der Waals surface area contributed by atoms with E-state index in [0.29, 0.717) is 23.5 Å². The summed E-state index contributed by atoms with van der Waals surface area (Å²) in [4.78, 5) is 0. The van der Waals surface area contributed by atoms with Crippen molar-refractivity contribution < 1.29 is 19.7 Å². The van der Waals surface area contributed by atoms with Gasteiger partial charge >= 0.3 is 0 Å². The van der Waals surface area contributed by atoms with E-state index in [1.54, 1.807) is 26.4 Å². The minimum atomic E-state index is -0.292. The van der Waals surface area contributed by atoms with Gasteiger partial charge in [-0.05, 0) is 80.7 Å². The summed E-state index contributed by atoms with van der Waals surface area (Å²) in [6.07, 6.45) is 8.50. The Morgan fingerprint density at radius 1 is 0.719 bits per heavy atom. The summed E-state index contributed by atoms with van der Waals surface area (Å²) in [6.45, 7) is 0. The number of rotatable bonds is 6. The number of nitrogens with two attached hydrogens (primary N) is 2. The average Bonchev–Trinajstić information content (AvgIpc) is 2.83. The molecule has 2 atom stereocenters. The van der Waals surface area contributed by atoms with Gasteiger partial charge in [0.15, 0.2) is 0 Å². The van der Waals surface area contributed by atoms with Crippen LogP contribution in [0.1, 0.15) is 74.6 Å². The molecule has 6 N–H and O–H groups in total. The Morgan fingerprint density at radius 3 is 1.75 bits per heavy atom. The number of aromatic hydroxyl groups is 2. The second-order valence-corrected chi connectivity index (χ2v) is 9.69. The van der Waals surface area contributed by atoms with Crippen molar-refractivity contribution in [3.63, 3.8) is 0 Å². The fourth-order valence-electron chi connectivity index (χ4n) is 5.89. The number of fused-ring (bicyclic) bond motifs is 1. The summed E-state index contributed by atoms with van der Waals surface area (Å²) in [5.41, 5.74) is 14.8. The summed E-state index contributed by atoms with van der Waals surface area (Å²) in [5.74, 6) is 0.992. The van der Waals surface area contributed by atoms with Gasteiger partial charge in [0.1, 0.15) is 11.5 Å². The lowest BCUT2D eigenvalue weighted by Crippen LogP contribution is -2.29. The normalized spacial score (nSPS) is 28.5. The Bertz CT molecular complexity index is 918. The van der Waals surface area contributed by atoms with E-state index in [1.807, 2.05) is 12.1 Å². The zero-order chi connectivity index (χ0) is 22.8. The molecule has 0 heterocycles. The zero-order valence-electron chi connectivity index (χ0n) is 19.3. The van der Waals surface area contributed by atoms with Crippen LogP contribution in [-0.2, 0) is 9.47 Å². The molecular formula is C26H38N2O4. The highest BCUT2D eigenvalue weighted by atomic mass is 16.5. The van der Waals surface area contributed by atoms with E-state index in [4.69, 9.17) is 20.9 Å². The van der Waals surface area contributed by atoms with Crippen LogP contribution >= 0.6 is 0 Å². The molecule has 2 aliphatic carbocycles. The molecule has 2 aliphatic rings. The quantitative estimate of drug-likeness (QED) is 0.518. The predicted molar refractivity (Wildman–Crippen MR) is 127 cm³/mol. The van der Waals surface area contributed by atoms with Crippen molar-refractivity contribution in [1.82, 2.24) is 0 Å². The lowest BCUT2D eigenvalue weighted by atomic mass is 9.78. The van der Waals surface area contributed by atoms with Crippen molar-refractivity contribution in [1.29, 1.82) is 0 Å². The van der Waals surface area contributed by atoms with Gasteiger partial charge < -0.3 is 31.2 Å². The summed E-state index contributed by atoms with van der Waals surface area (Å²) in [5, 5.41) is 23.4. The number of hydrogen-bond acceptors (Lipinski definition) is 6. The van der Waals surface area contributed by atoms with E-state index in [9.17, 15) is 10.2 Å². The molecule has 0 aliphatic heterocycles. The summed E-state index contributed by atoms with van der Waals surface area (Å²) < 4.78 is 11.0. The van der Waals surface area contributed by atoms with Crippen LogP contribution in [0, 0.1) is 11.8 Å². The first-order chi connectivity index (χ1) is 15.4. The van der Waals surface area contributed by atoms with Crippen LogP contribution in [0.5, 0.6) is 11.5 Å². The maximum absolute atomic E-state index is 11.2. The molecule has 0 spiro atoms. The average molecular weight is 443 g/mol. The van der Waals surface area contributed by atoms with E-state index in [0.717, 1.165) is 67.9 Å². The third kappa shape index (κ3) is 4.46. The Hall–Kier alpha value is -1.86. The van der Waals surface area contributed by atoms with Gasteiger partial charge in [0.25, 0.3) is 0 Å². The summed E-state index contributed by atoms with van der Waals surface area (Å²) in [6, 6.07) is 6.79. The fourth-order valence-corrected chi connectivity index (χ4v) is 5.89. The SMILES string of the molecule is COC1CCC(C(N)c2ccc3c(C(N)C4CCC(OC)CC4)c(O)ccc3c2O)CC1. The molecule has 2 aromatic carbocycles. The molecule has 0 radical (unpaired) electrons. The highest BCUT2D eigenvalue weighted by Crippen LogP contribution is 2.45. The van der Waals surface area contributed by atoms with Gasteiger partial charge in [-0.1, -0.05) is 12.1 Å². The van der Waals surface area contributed by atoms with E-state index >= 15 is 0 Å². The molecule has 2 fully saturated rings. The Labute approximate surface area is 190 Å². The van der Waals surface area contributed by atoms with Gasteiger partial charge in [0, 0.05) is 42.8 Å². The van der Waals surface area contributed by atoms with E-state index in [1.165, 1.54) is 0 Å². The minimum Gasteiger partial charge on any atom is -0.508 e. The molecule has 2 saturated carbocycles. The topological polar surface area (TPSA) is 111 Å². The van der Waals surface area contributed by atoms with Gasteiger partial charge in [-0.2, -0.15) is 0 Å². The molecule has 0 aromatic heterocycles. The van der Waals surface area contributed by atoms with Crippen LogP contribution in [0.4, 0.5) is 0 Å². The molecule has 0 bridgehead atoms. The van der Waals surface area contributed by atoms with Crippen LogP contribution in [0.25, 0.3) is 10.8 Å². The van der Waals surface area contributed by atoms with Crippen molar-refractivity contribution in [3.8, 4) is 11.5 Å². The van der Waals surface area contributed by atoms with Crippen molar-refractivity contribution in [2.45, 2.75) is 75.7 Å². The van der Waals surface area contributed by atoms with Crippen LogP contribution in [-0.4, -0.2) is 36.6 Å². The molecule has 2 unspecified atom stereocenters. The number of phenols is 2. The van der Waals surface area contributed by atoms with Crippen LogP contribution in [0.3, 0.4) is 0 Å². The smallest absolute Gasteiger partial charge is 0.128 e. The third-order valence-electron chi connectivity index (χ3n) is 8.03. The van der Waals surface area contributed by atoms with Gasteiger partial charge in [-0.15, -0.1) is 0 Å². The Balaban J connectivity index is 1.61.